The van der Waals surface area contributed by atoms with Crippen LogP contribution in [0.5, 0.6) is 0 Å². The van der Waals surface area contributed by atoms with E-state index >= 15 is 0 Å². The van der Waals surface area contributed by atoms with Crippen LogP contribution in [0.3, 0.4) is 0 Å². The molecule has 0 radical (unpaired) electrons. The van der Waals surface area contributed by atoms with Gasteiger partial charge in [0.15, 0.2) is 0 Å². The van der Waals surface area contributed by atoms with Gasteiger partial charge in [-0.05, 0) is 25.3 Å². The predicted octanol–water partition coefficient (Wildman–Crippen LogP) is 1.94. The molecule has 0 aromatic heterocycles. The Kier molecular flexibility index (Phi) is 6.67. The Morgan fingerprint density at radius 3 is 2.71 bits per heavy atom. The lowest BCUT2D eigenvalue weighted by atomic mass is 10.1. The highest BCUT2D eigenvalue weighted by Crippen LogP contribution is 2.20. The van der Waals surface area contributed by atoms with Crippen LogP contribution in [0.1, 0.15) is 40.5 Å². The number of nitrogens with one attached hydrogen (secondary N) is 1. The quantitative estimate of drug-likeness (QED) is 0.794. The standard InChI is InChI=1S/C13H27NO2S/c1-5-7-14-12-6-8-16-9-13(12)17(15)11(4)10(2)3/h10-14H,5-9H2,1-4H3. The van der Waals surface area contributed by atoms with Gasteiger partial charge in [-0.25, -0.2) is 0 Å². The van der Waals surface area contributed by atoms with Crippen LogP contribution in [0.25, 0.3) is 0 Å². The van der Waals surface area contributed by atoms with Crippen LogP contribution in [0, 0.1) is 5.92 Å². The molecule has 1 aliphatic rings. The average Bonchev–Trinajstić information content (AvgIpc) is 2.34. The Morgan fingerprint density at radius 1 is 1.41 bits per heavy atom. The van der Waals surface area contributed by atoms with E-state index in [2.05, 4.69) is 33.0 Å². The summed E-state index contributed by atoms with van der Waals surface area (Å²) in [4.78, 5) is 0. The topological polar surface area (TPSA) is 38.3 Å². The summed E-state index contributed by atoms with van der Waals surface area (Å²) >= 11 is 0. The fraction of sp³-hybridized carbons (Fsp3) is 1.00. The van der Waals surface area contributed by atoms with E-state index in [0.717, 1.165) is 26.0 Å². The summed E-state index contributed by atoms with van der Waals surface area (Å²) in [6.45, 7) is 11.0. The summed E-state index contributed by atoms with van der Waals surface area (Å²) in [6.07, 6.45) is 2.11. The van der Waals surface area contributed by atoms with Gasteiger partial charge in [0, 0.05) is 28.7 Å². The molecular formula is C13H27NO2S. The van der Waals surface area contributed by atoms with Crippen molar-refractivity contribution in [3.8, 4) is 0 Å². The highest BCUT2D eigenvalue weighted by molar-refractivity contribution is 7.86. The molecule has 1 rings (SSSR count). The van der Waals surface area contributed by atoms with Crippen molar-refractivity contribution in [3.05, 3.63) is 0 Å². The van der Waals surface area contributed by atoms with Crippen molar-refractivity contribution in [2.45, 2.75) is 57.1 Å². The summed E-state index contributed by atoms with van der Waals surface area (Å²) in [5, 5.41) is 3.93. The van der Waals surface area contributed by atoms with Crippen molar-refractivity contribution >= 4 is 10.8 Å². The van der Waals surface area contributed by atoms with E-state index in [1.807, 2.05) is 0 Å². The van der Waals surface area contributed by atoms with Crippen LogP contribution < -0.4 is 5.32 Å². The van der Waals surface area contributed by atoms with Gasteiger partial charge < -0.3 is 10.1 Å². The lowest BCUT2D eigenvalue weighted by molar-refractivity contribution is 0.0818. The minimum absolute atomic E-state index is 0.160. The molecule has 1 fully saturated rings. The Hall–Kier alpha value is 0.0700. The molecular weight excluding hydrogens is 234 g/mol. The van der Waals surface area contributed by atoms with Gasteiger partial charge in [0.1, 0.15) is 0 Å². The third kappa shape index (κ3) is 4.34. The molecule has 0 spiro atoms. The molecule has 102 valence electrons. The molecule has 4 atom stereocenters. The largest absolute Gasteiger partial charge is 0.380 e. The van der Waals surface area contributed by atoms with Crippen molar-refractivity contribution < 1.29 is 8.95 Å². The van der Waals surface area contributed by atoms with E-state index in [1.165, 1.54) is 0 Å². The van der Waals surface area contributed by atoms with E-state index in [1.54, 1.807) is 0 Å². The fourth-order valence-corrected chi connectivity index (χ4v) is 3.92. The molecule has 1 N–H and O–H groups in total. The van der Waals surface area contributed by atoms with Gasteiger partial charge in [-0.3, -0.25) is 4.21 Å². The zero-order valence-electron chi connectivity index (χ0n) is 11.6. The Bertz CT molecular complexity index is 246. The minimum atomic E-state index is -0.802. The van der Waals surface area contributed by atoms with Crippen molar-refractivity contribution in [1.82, 2.24) is 5.32 Å². The maximum absolute atomic E-state index is 12.5. The van der Waals surface area contributed by atoms with Crippen LogP contribution in [0.2, 0.25) is 0 Å². The Morgan fingerprint density at radius 2 is 2.12 bits per heavy atom. The van der Waals surface area contributed by atoms with Gasteiger partial charge >= 0.3 is 0 Å². The molecule has 0 bridgehead atoms. The van der Waals surface area contributed by atoms with Crippen molar-refractivity contribution in [3.63, 3.8) is 0 Å². The zero-order chi connectivity index (χ0) is 12.8. The second kappa shape index (κ2) is 7.49. The third-order valence-corrected chi connectivity index (χ3v) is 5.90. The van der Waals surface area contributed by atoms with Crippen molar-refractivity contribution in [1.29, 1.82) is 0 Å². The summed E-state index contributed by atoms with van der Waals surface area (Å²) in [6, 6.07) is 0.366. The van der Waals surface area contributed by atoms with Crippen molar-refractivity contribution in [2.75, 3.05) is 19.8 Å². The second-order valence-electron chi connectivity index (χ2n) is 5.24. The zero-order valence-corrected chi connectivity index (χ0v) is 12.4. The van der Waals surface area contributed by atoms with E-state index < -0.39 is 10.8 Å². The van der Waals surface area contributed by atoms with Crippen LogP contribution in [0.4, 0.5) is 0 Å². The Balaban J connectivity index is 2.60. The highest BCUT2D eigenvalue weighted by atomic mass is 32.2. The van der Waals surface area contributed by atoms with E-state index in [9.17, 15) is 4.21 Å². The SMILES string of the molecule is CCCNC1CCOCC1S(=O)C(C)C(C)C. The first-order valence-electron chi connectivity index (χ1n) is 6.78. The predicted molar refractivity (Wildman–Crippen MR) is 73.7 cm³/mol. The molecule has 0 aromatic rings. The van der Waals surface area contributed by atoms with Gasteiger partial charge in [-0.2, -0.15) is 0 Å². The average molecular weight is 261 g/mol. The Labute approximate surface area is 108 Å². The van der Waals surface area contributed by atoms with Gasteiger partial charge in [0.2, 0.25) is 0 Å². The first-order chi connectivity index (χ1) is 8.07. The lowest BCUT2D eigenvalue weighted by Gasteiger charge is -2.34. The van der Waals surface area contributed by atoms with E-state index in [0.29, 0.717) is 18.6 Å². The van der Waals surface area contributed by atoms with E-state index in [-0.39, 0.29) is 10.5 Å². The molecule has 17 heavy (non-hydrogen) atoms. The van der Waals surface area contributed by atoms with Crippen molar-refractivity contribution in [2.24, 2.45) is 5.92 Å². The first kappa shape index (κ1) is 15.1. The van der Waals surface area contributed by atoms with Gasteiger partial charge in [0.25, 0.3) is 0 Å². The summed E-state index contributed by atoms with van der Waals surface area (Å²) in [5.41, 5.74) is 0. The summed E-state index contributed by atoms with van der Waals surface area (Å²) in [5.74, 6) is 0.463. The van der Waals surface area contributed by atoms with Crippen LogP contribution in [-0.4, -0.2) is 40.5 Å². The molecule has 0 saturated carbocycles. The van der Waals surface area contributed by atoms with Crippen LogP contribution >= 0.6 is 0 Å². The fourth-order valence-electron chi connectivity index (χ4n) is 2.05. The molecule has 4 heteroatoms. The number of rotatable bonds is 6. The maximum atomic E-state index is 12.5. The summed E-state index contributed by atoms with van der Waals surface area (Å²) < 4.78 is 18.0. The number of ether oxygens (including phenoxy) is 1. The monoisotopic (exact) mass is 261 g/mol. The second-order valence-corrected chi connectivity index (χ2v) is 7.25. The highest BCUT2D eigenvalue weighted by Gasteiger charge is 2.33. The molecule has 0 aliphatic carbocycles. The number of hydrogen-bond acceptors (Lipinski definition) is 3. The maximum Gasteiger partial charge on any atom is 0.0738 e. The first-order valence-corrected chi connectivity index (χ1v) is 8.06. The smallest absolute Gasteiger partial charge is 0.0738 e. The van der Waals surface area contributed by atoms with Crippen LogP contribution in [0.15, 0.2) is 0 Å². The molecule has 1 saturated heterocycles. The molecule has 1 heterocycles. The van der Waals surface area contributed by atoms with E-state index in [4.69, 9.17) is 4.74 Å². The van der Waals surface area contributed by atoms with Crippen LogP contribution in [-0.2, 0) is 15.5 Å². The minimum Gasteiger partial charge on any atom is -0.380 e. The molecule has 4 unspecified atom stereocenters. The molecule has 0 aromatic carbocycles. The van der Waals surface area contributed by atoms with Gasteiger partial charge in [0.05, 0.1) is 11.9 Å². The number of hydrogen-bond donors (Lipinski definition) is 1. The van der Waals surface area contributed by atoms with Gasteiger partial charge in [-0.1, -0.05) is 27.7 Å². The summed E-state index contributed by atoms with van der Waals surface area (Å²) in [7, 11) is -0.802. The molecule has 0 amide bonds. The normalized spacial score (nSPS) is 29.2. The molecule has 1 aliphatic heterocycles. The van der Waals surface area contributed by atoms with Gasteiger partial charge in [-0.15, -0.1) is 0 Å². The lowest BCUT2D eigenvalue weighted by Crippen LogP contribution is -2.50. The molecule has 3 nitrogen and oxygen atoms in total. The third-order valence-electron chi connectivity index (χ3n) is 3.56.